The number of Topliss-reactive ketones (excluding diaryl/α,β-unsaturated/α-hetero) is 1. The van der Waals surface area contributed by atoms with Gasteiger partial charge in [0.05, 0.1) is 21.8 Å². The van der Waals surface area contributed by atoms with Gasteiger partial charge in [0.15, 0.2) is 6.61 Å². The second kappa shape index (κ2) is 11.1. The predicted molar refractivity (Wildman–Crippen MR) is 157 cm³/mol. The van der Waals surface area contributed by atoms with Crippen molar-refractivity contribution in [2.45, 2.75) is 11.8 Å². The largest absolute Gasteiger partial charge is 0.454 e. The number of hydrogen-bond donors (Lipinski definition) is 1. The van der Waals surface area contributed by atoms with E-state index in [0.717, 1.165) is 22.9 Å². The summed E-state index contributed by atoms with van der Waals surface area (Å²) in [5.41, 5.74) is 0.425. The summed E-state index contributed by atoms with van der Waals surface area (Å²) >= 11 is 6.16. The molecule has 0 fully saturated rings. The van der Waals surface area contributed by atoms with Crippen molar-refractivity contribution in [1.82, 2.24) is 9.36 Å². The molecular weight excluding hydrogens is 566 g/mol. The number of sulfonamides is 1. The molecule has 0 amide bonds. The van der Waals surface area contributed by atoms with E-state index in [4.69, 9.17) is 16.3 Å². The lowest BCUT2D eigenvalue weighted by atomic mass is 10.0. The first kappa shape index (κ1) is 27.9. The molecule has 0 aliphatic carbocycles. The number of halogens is 1. The van der Waals surface area contributed by atoms with E-state index in [1.807, 2.05) is 18.2 Å². The molecule has 11 heteroatoms. The topological polar surface area (TPSA) is 116 Å². The zero-order valence-electron chi connectivity index (χ0n) is 22.0. The zero-order chi connectivity index (χ0) is 29.3. The summed E-state index contributed by atoms with van der Waals surface area (Å²) in [6.45, 7) is 1.05. The fourth-order valence-electron chi connectivity index (χ4n) is 4.48. The number of anilines is 1. The number of fused-ring (bicyclic) bond motifs is 1. The second-order valence-corrected chi connectivity index (χ2v) is 11.4. The van der Waals surface area contributed by atoms with Gasteiger partial charge in [-0.25, -0.2) is 17.9 Å². The van der Waals surface area contributed by atoms with Gasteiger partial charge >= 0.3 is 5.97 Å². The van der Waals surface area contributed by atoms with Gasteiger partial charge in [-0.1, -0.05) is 72.3 Å². The number of rotatable bonds is 8. The maximum Gasteiger partial charge on any atom is 0.338 e. The Hall–Kier alpha value is -4.67. The number of nitrogens with one attached hydrogen (secondary N) is 1. The number of ketones is 1. The fraction of sp³-hybridized carbons (Fsp3) is 0.100. The Labute approximate surface area is 240 Å². The van der Waals surface area contributed by atoms with Gasteiger partial charge in [-0.2, -0.15) is 0 Å². The molecule has 5 aromatic rings. The normalized spacial score (nSPS) is 11.4. The van der Waals surface area contributed by atoms with Crippen molar-refractivity contribution in [2.75, 3.05) is 11.3 Å². The van der Waals surface area contributed by atoms with Gasteiger partial charge in [0, 0.05) is 17.6 Å². The minimum Gasteiger partial charge on any atom is -0.454 e. The van der Waals surface area contributed by atoms with Crippen LogP contribution >= 0.6 is 11.6 Å². The third-order valence-corrected chi connectivity index (χ3v) is 8.18. The first-order valence-electron chi connectivity index (χ1n) is 12.4. The van der Waals surface area contributed by atoms with Crippen molar-refractivity contribution in [2.24, 2.45) is 7.05 Å². The Bertz CT molecular complexity index is 1980. The van der Waals surface area contributed by atoms with Crippen molar-refractivity contribution in [3.8, 4) is 5.69 Å². The van der Waals surface area contributed by atoms with Crippen LogP contribution in [0.15, 0.2) is 101 Å². The first-order valence-corrected chi connectivity index (χ1v) is 14.3. The lowest BCUT2D eigenvalue weighted by molar-refractivity contribution is 0.0475. The van der Waals surface area contributed by atoms with Crippen molar-refractivity contribution >= 4 is 49.8 Å². The van der Waals surface area contributed by atoms with Crippen LogP contribution in [0.1, 0.15) is 26.4 Å². The van der Waals surface area contributed by atoms with E-state index in [-0.39, 0.29) is 21.2 Å². The van der Waals surface area contributed by atoms with Gasteiger partial charge in [0.2, 0.25) is 5.78 Å². The molecule has 0 bridgehead atoms. The Morgan fingerprint density at radius 3 is 2.37 bits per heavy atom. The smallest absolute Gasteiger partial charge is 0.338 e. The molecule has 4 aromatic carbocycles. The van der Waals surface area contributed by atoms with E-state index in [9.17, 15) is 22.8 Å². The van der Waals surface area contributed by atoms with Gasteiger partial charge in [-0.3, -0.25) is 19.0 Å². The van der Waals surface area contributed by atoms with Crippen LogP contribution in [0.2, 0.25) is 5.02 Å². The number of esters is 1. The highest BCUT2D eigenvalue weighted by Gasteiger charge is 2.24. The second-order valence-electron chi connectivity index (χ2n) is 9.24. The van der Waals surface area contributed by atoms with Gasteiger partial charge in [0.1, 0.15) is 5.69 Å². The van der Waals surface area contributed by atoms with Crippen molar-refractivity contribution in [1.29, 1.82) is 0 Å². The Kier molecular flexibility index (Phi) is 7.53. The molecular formula is C30H24ClN3O6S. The summed E-state index contributed by atoms with van der Waals surface area (Å²) in [5.74, 6) is -1.35. The maximum absolute atomic E-state index is 13.3. The molecule has 1 heterocycles. The maximum atomic E-state index is 13.3. The highest BCUT2D eigenvalue weighted by molar-refractivity contribution is 7.92. The van der Waals surface area contributed by atoms with Gasteiger partial charge < -0.3 is 4.74 Å². The Morgan fingerprint density at radius 1 is 0.927 bits per heavy atom. The van der Waals surface area contributed by atoms with Crippen molar-refractivity contribution < 1.29 is 22.7 Å². The number of nitrogens with zero attached hydrogens (tertiary/aromatic N) is 2. The lowest BCUT2D eigenvalue weighted by Gasteiger charge is -2.10. The third kappa shape index (κ3) is 5.52. The number of carbonyl (C=O) groups is 2. The Morgan fingerprint density at radius 2 is 1.61 bits per heavy atom. The number of benzene rings is 4. The molecule has 0 saturated heterocycles. The monoisotopic (exact) mass is 589 g/mol. The minimum absolute atomic E-state index is 0.0494. The van der Waals surface area contributed by atoms with Crippen LogP contribution in [0.3, 0.4) is 0 Å². The standard InChI is InChI=1S/C30H24ClN3O6S/c1-19-28(29(36)34(33(19)2)23-11-4-3-5-12-23)32-41(38,39)24-16-21(15-22(31)17-24)30(37)40-18-27(35)26-14-8-10-20-9-6-7-13-25(20)26/h3-17,32H,18H2,1-2H3. The first-order chi connectivity index (χ1) is 19.6. The molecule has 0 aliphatic rings. The molecule has 0 spiro atoms. The molecule has 0 aliphatic heterocycles. The zero-order valence-corrected chi connectivity index (χ0v) is 23.6. The van der Waals surface area contributed by atoms with E-state index >= 15 is 0 Å². The highest BCUT2D eigenvalue weighted by Crippen LogP contribution is 2.24. The summed E-state index contributed by atoms with van der Waals surface area (Å²) in [6, 6.07) is 24.8. The summed E-state index contributed by atoms with van der Waals surface area (Å²) < 4.78 is 37.1. The molecule has 41 heavy (non-hydrogen) atoms. The molecule has 0 saturated carbocycles. The van der Waals surface area contributed by atoms with E-state index in [1.165, 1.54) is 15.4 Å². The van der Waals surface area contributed by atoms with Crippen LogP contribution in [-0.2, 0) is 21.8 Å². The van der Waals surface area contributed by atoms with Gasteiger partial charge in [0.25, 0.3) is 15.6 Å². The molecule has 9 nitrogen and oxygen atoms in total. The third-order valence-electron chi connectivity index (χ3n) is 6.63. The lowest BCUT2D eigenvalue weighted by Crippen LogP contribution is -2.23. The molecule has 0 radical (unpaired) electrons. The average Bonchev–Trinajstić information content (AvgIpc) is 3.17. The predicted octanol–water partition coefficient (Wildman–Crippen LogP) is 5.13. The van der Waals surface area contributed by atoms with Crippen molar-refractivity contribution in [3.63, 3.8) is 0 Å². The molecule has 0 unspecified atom stereocenters. The molecule has 5 rings (SSSR count). The van der Waals surface area contributed by atoms with Gasteiger partial charge in [-0.15, -0.1) is 0 Å². The number of hydrogen-bond acceptors (Lipinski definition) is 6. The summed E-state index contributed by atoms with van der Waals surface area (Å²) in [5, 5.41) is 1.54. The van der Waals surface area contributed by atoms with E-state index < -0.39 is 33.9 Å². The van der Waals surface area contributed by atoms with Crippen LogP contribution in [0.4, 0.5) is 5.69 Å². The summed E-state index contributed by atoms with van der Waals surface area (Å²) in [6.07, 6.45) is 0. The number of para-hydroxylation sites is 1. The number of carbonyl (C=O) groups excluding carboxylic acids is 2. The number of ether oxygens (including phenoxy) is 1. The van der Waals surface area contributed by atoms with E-state index in [1.54, 1.807) is 68.6 Å². The average molecular weight is 590 g/mol. The van der Waals surface area contributed by atoms with Crippen LogP contribution < -0.4 is 10.3 Å². The molecule has 1 N–H and O–H groups in total. The van der Waals surface area contributed by atoms with Gasteiger partial charge in [-0.05, 0) is 48.0 Å². The Balaban J connectivity index is 1.38. The summed E-state index contributed by atoms with van der Waals surface area (Å²) in [7, 11) is -2.72. The number of aromatic nitrogens is 2. The summed E-state index contributed by atoms with van der Waals surface area (Å²) in [4.78, 5) is 38.5. The fourth-order valence-corrected chi connectivity index (χ4v) is 5.96. The highest BCUT2D eigenvalue weighted by atomic mass is 35.5. The van der Waals surface area contributed by atoms with E-state index in [0.29, 0.717) is 16.9 Å². The van der Waals surface area contributed by atoms with Crippen LogP contribution in [0.25, 0.3) is 16.5 Å². The molecule has 1 aromatic heterocycles. The quantitative estimate of drug-likeness (QED) is 0.198. The molecule has 0 atom stereocenters. The van der Waals surface area contributed by atoms with E-state index in [2.05, 4.69) is 4.72 Å². The van der Waals surface area contributed by atoms with Crippen LogP contribution in [0, 0.1) is 6.92 Å². The van der Waals surface area contributed by atoms with Crippen LogP contribution in [0.5, 0.6) is 0 Å². The SMILES string of the molecule is Cc1c(NS(=O)(=O)c2cc(Cl)cc(C(=O)OCC(=O)c3cccc4ccccc34)c2)c(=O)n(-c2ccccc2)n1C. The van der Waals surface area contributed by atoms with Crippen LogP contribution in [-0.4, -0.2) is 36.1 Å². The molecule has 208 valence electrons. The minimum atomic E-state index is -4.36. The van der Waals surface area contributed by atoms with Crippen molar-refractivity contribution in [3.05, 3.63) is 123 Å².